The van der Waals surface area contributed by atoms with Crippen molar-refractivity contribution in [3.63, 3.8) is 0 Å². The monoisotopic (exact) mass is 329 g/mol. The summed E-state index contributed by atoms with van der Waals surface area (Å²) in [6.07, 6.45) is 2.58. The number of rotatable bonds is 4. The average Bonchev–Trinajstić information content (AvgIpc) is 2.43. The number of aromatic nitrogens is 2. The maximum Gasteiger partial charge on any atom is 0.256 e. The first-order chi connectivity index (χ1) is 9.48. The van der Waals surface area contributed by atoms with E-state index in [0.717, 1.165) is 17.3 Å². The highest BCUT2D eigenvalue weighted by atomic mass is 35.5. The smallest absolute Gasteiger partial charge is 0.256 e. The van der Waals surface area contributed by atoms with Crippen molar-refractivity contribution in [3.05, 3.63) is 57.8 Å². The first kappa shape index (κ1) is 14.8. The lowest BCUT2D eigenvalue weighted by atomic mass is 10.2. The van der Waals surface area contributed by atoms with Gasteiger partial charge in [0.2, 0.25) is 0 Å². The average molecular weight is 330 g/mol. The summed E-state index contributed by atoms with van der Waals surface area (Å²) in [5, 5.41) is 0.951. The number of hydrogen-bond donors (Lipinski definition) is 1. The molecule has 0 aliphatic rings. The van der Waals surface area contributed by atoms with Gasteiger partial charge in [-0.15, -0.1) is 0 Å². The van der Waals surface area contributed by atoms with E-state index in [1.807, 2.05) is 6.07 Å². The first-order valence-corrected chi connectivity index (χ1v) is 7.70. The molecule has 20 heavy (non-hydrogen) atoms. The number of benzene rings is 1. The van der Waals surface area contributed by atoms with Crippen molar-refractivity contribution in [3.8, 4) is 0 Å². The second kappa shape index (κ2) is 6.21. The van der Waals surface area contributed by atoms with Crippen LogP contribution in [0, 0.1) is 0 Å². The van der Waals surface area contributed by atoms with Gasteiger partial charge in [-0.2, -0.15) is 0 Å². The van der Waals surface area contributed by atoms with Gasteiger partial charge in [-0.25, -0.2) is 18.4 Å². The summed E-state index contributed by atoms with van der Waals surface area (Å²) in [4.78, 5) is 7.36. The maximum absolute atomic E-state index is 11.9. The fourth-order valence-corrected chi connectivity index (χ4v) is 2.48. The van der Waals surface area contributed by atoms with Crippen LogP contribution in [0.2, 0.25) is 10.2 Å². The lowest BCUT2D eigenvalue weighted by molar-refractivity contribution is 0.609. The normalized spacial score (nSPS) is 11.7. The van der Waals surface area contributed by atoms with Gasteiger partial charge in [-0.1, -0.05) is 53.5 Å². The Balaban J connectivity index is 2.20. The van der Waals surface area contributed by atoms with Crippen LogP contribution in [0.3, 0.4) is 0 Å². The molecule has 1 N–H and O–H groups in total. The van der Waals surface area contributed by atoms with E-state index in [9.17, 15) is 8.42 Å². The van der Waals surface area contributed by atoms with Crippen LogP contribution < -0.4 is 4.72 Å². The fraction of sp³-hybridized carbons (Fsp3) is 0. The molecule has 0 spiro atoms. The van der Waals surface area contributed by atoms with E-state index >= 15 is 0 Å². The standard InChI is InChI=1S/C12H9Cl2N3O2S/c13-10-11(14)15-8-16-12(10)17-20(18,19)7-6-9-4-2-1-3-5-9/h1-8H,(H,15,16,17)/b7-6+. The minimum Gasteiger partial charge on any atom is -0.262 e. The van der Waals surface area contributed by atoms with Gasteiger partial charge in [-0.3, -0.25) is 4.72 Å². The number of halogens is 2. The predicted octanol–water partition coefficient (Wildman–Crippen LogP) is 3.20. The molecule has 0 unspecified atom stereocenters. The van der Waals surface area contributed by atoms with E-state index in [2.05, 4.69) is 14.7 Å². The van der Waals surface area contributed by atoms with Crippen LogP contribution in [-0.4, -0.2) is 18.4 Å². The number of nitrogens with zero attached hydrogens (tertiary/aromatic N) is 2. The van der Waals surface area contributed by atoms with Gasteiger partial charge < -0.3 is 0 Å². The van der Waals surface area contributed by atoms with Crippen molar-refractivity contribution >= 4 is 45.1 Å². The summed E-state index contributed by atoms with van der Waals surface area (Å²) in [6.45, 7) is 0. The molecule has 0 radical (unpaired) electrons. The number of anilines is 1. The Hall–Kier alpha value is -1.63. The predicted molar refractivity (Wildman–Crippen MR) is 80.1 cm³/mol. The Morgan fingerprint density at radius 1 is 1.10 bits per heavy atom. The Morgan fingerprint density at radius 3 is 2.50 bits per heavy atom. The molecule has 1 aromatic heterocycles. The van der Waals surface area contributed by atoms with Crippen molar-refractivity contribution in [1.29, 1.82) is 0 Å². The van der Waals surface area contributed by atoms with E-state index < -0.39 is 10.0 Å². The third-order valence-electron chi connectivity index (χ3n) is 2.23. The topological polar surface area (TPSA) is 72.0 Å². The number of nitrogens with one attached hydrogen (secondary N) is 1. The van der Waals surface area contributed by atoms with E-state index in [1.54, 1.807) is 24.3 Å². The molecule has 0 atom stereocenters. The third-order valence-corrected chi connectivity index (χ3v) is 3.94. The first-order valence-electron chi connectivity index (χ1n) is 5.40. The highest BCUT2D eigenvalue weighted by Gasteiger charge is 2.12. The van der Waals surface area contributed by atoms with E-state index in [4.69, 9.17) is 23.2 Å². The second-order valence-electron chi connectivity index (χ2n) is 3.69. The molecule has 1 heterocycles. The van der Waals surface area contributed by atoms with Crippen molar-refractivity contribution in [2.24, 2.45) is 0 Å². The zero-order valence-electron chi connectivity index (χ0n) is 9.99. The Kier molecular flexibility index (Phi) is 4.59. The SMILES string of the molecule is O=S(=O)(/C=C/c1ccccc1)Nc1ncnc(Cl)c1Cl. The zero-order valence-corrected chi connectivity index (χ0v) is 12.3. The highest BCUT2D eigenvalue weighted by molar-refractivity contribution is 7.95. The molecule has 2 rings (SSSR count). The molecule has 5 nitrogen and oxygen atoms in total. The van der Waals surface area contributed by atoms with Crippen LogP contribution in [-0.2, 0) is 10.0 Å². The molecule has 1 aromatic carbocycles. The van der Waals surface area contributed by atoms with E-state index in [0.29, 0.717) is 0 Å². The highest BCUT2D eigenvalue weighted by Crippen LogP contribution is 2.26. The number of sulfonamides is 1. The summed E-state index contributed by atoms with van der Waals surface area (Å²) >= 11 is 11.5. The van der Waals surface area contributed by atoms with Crippen LogP contribution in [0.25, 0.3) is 6.08 Å². The van der Waals surface area contributed by atoms with E-state index in [-0.39, 0.29) is 16.0 Å². The molecule has 104 valence electrons. The van der Waals surface area contributed by atoms with Crippen molar-refractivity contribution < 1.29 is 8.42 Å². The molecular weight excluding hydrogens is 321 g/mol. The minimum atomic E-state index is -3.74. The van der Waals surface area contributed by atoms with E-state index in [1.165, 1.54) is 6.08 Å². The minimum absolute atomic E-state index is 0.0218. The molecule has 0 fully saturated rings. The molecule has 0 aliphatic heterocycles. The quantitative estimate of drug-likeness (QED) is 0.874. The van der Waals surface area contributed by atoms with Crippen molar-refractivity contribution in [2.45, 2.75) is 0 Å². The van der Waals surface area contributed by atoms with Gasteiger partial charge in [-0.05, 0) is 11.6 Å². The summed E-state index contributed by atoms with van der Waals surface area (Å²) in [5.74, 6) is -0.0654. The lowest BCUT2D eigenvalue weighted by Gasteiger charge is -2.05. The molecule has 0 saturated heterocycles. The molecular formula is C12H9Cl2N3O2S. The van der Waals surface area contributed by atoms with Gasteiger partial charge >= 0.3 is 0 Å². The molecule has 8 heteroatoms. The summed E-state index contributed by atoms with van der Waals surface area (Å²) in [6, 6.07) is 9.01. The van der Waals surface area contributed by atoms with Gasteiger partial charge in [0.1, 0.15) is 11.3 Å². The van der Waals surface area contributed by atoms with Crippen LogP contribution in [0.1, 0.15) is 5.56 Å². The summed E-state index contributed by atoms with van der Waals surface area (Å²) < 4.78 is 26.0. The summed E-state index contributed by atoms with van der Waals surface area (Å²) in [7, 11) is -3.74. The zero-order chi connectivity index (χ0) is 14.6. The number of hydrogen-bond acceptors (Lipinski definition) is 4. The van der Waals surface area contributed by atoms with Gasteiger partial charge in [0, 0.05) is 0 Å². The lowest BCUT2D eigenvalue weighted by Crippen LogP contribution is -2.10. The maximum atomic E-state index is 11.9. The van der Waals surface area contributed by atoms with Crippen molar-refractivity contribution in [1.82, 2.24) is 9.97 Å². The van der Waals surface area contributed by atoms with Crippen LogP contribution in [0.5, 0.6) is 0 Å². The van der Waals surface area contributed by atoms with Gasteiger partial charge in [0.15, 0.2) is 11.0 Å². The van der Waals surface area contributed by atoms with Gasteiger partial charge in [0.05, 0.1) is 5.41 Å². The van der Waals surface area contributed by atoms with Crippen LogP contribution >= 0.6 is 23.2 Å². The molecule has 0 amide bonds. The summed E-state index contributed by atoms with van der Waals surface area (Å²) in [5.41, 5.74) is 0.754. The Morgan fingerprint density at radius 2 is 1.80 bits per heavy atom. The molecule has 0 bridgehead atoms. The van der Waals surface area contributed by atoms with Crippen LogP contribution in [0.15, 0.2) is 42.1 Å². The second-order valence-corrected chi connectivity index (χ2v) is 5.99. The van der Waals surface area contributed by atoms with Gasteiger partial charge in [0.25, 0.3) is 10.0 Å². The van der Waals surface area contributed by atoms with Crippen LogP contribution in [0.4, 0.5) is 5.82 Å². The van der Waals surface area contributed by atoms with Crippen molar-refractivity contribution in [2.75, 3.05) is 4.72 Å². The Labute approximate surface area is 126 Å². The third kappa shape index (κ3) is 3.93. The Bertz CT molecular complexity index is 734. The molecule has 0 aliphatic carbocycles. The fourth-order valence-electron chi connectivity index (χ4n) is 1.32. The molecule has 0 saturated carbocycles. The molecule has 2 aromatic rings. The largest absolute Gasteiger partial charge is 0.262 e.